The van der Waals surface area contributed by atoms with Gasteiger partial charge in [-0.25, -0.2) is 0 Å². The molecular formula is C13H21N. The van der Waals surface area contributed by atoms with Gasteiger partial charge in [-0.05, 0) is 43.5 Å². The van der Waals surface area contributed by atoms with Gasteiger partial charge in [0, 0.05) is 0 Å². The molecule has 0 aliphatic carbocycles. The zero-order chi connectivity index (χ0) is 10.4. The molecule has 1 heteroatoms. The Kier molecular flexibility index (Phi) is 4.68. The highest BCUT2D eigenvalue weighted by atomic mass is 14.8. The first kappa shape index (κ1) is 11.3. The van der Waals surface area contributed by atoms with Crippen molar-refractivity contribution in [2.75, 3.05) is 13.1 Å². The van der Waals surface area contributed by atoms with Crippen LogP contribution in [0.25, 0.3) is 0 Å². The molecule has 0 spiro atoms. The lowest BCUT2D eigenvalue weighted by atomic mass is 10.1. The highest BCUT2D eigenvalue weighted by Crippen LogP contribution is 2.06. The second-order valence-electron chi connectivity index (χ2n) is 4.27. The molecule has 1 nitrogen and oxygen atoms in total. The molecule has 0 atom stereocenters. The molecule has 1 rings (SSSR count). The molecule has 0 aliphatic rings. The number of aryl methyl sites for hydroxylation is 1. The summed E-state index contributed by atoms with van der Waals surface area (Å²) < 4.78 is 0. The molecule has 0 saturated carbocycles. The molecule has 0 aromatic heterocycles. The summed E-state index contributed by atoms with van der Waals surface area (Å²) in [5, 5.41) is 3.46. The summed E-state index contributed by atoms with van der Waals surface area (Å²) in [6.07, 6.45) is 1.14. The molecule has 0 saturated heterocycles. The molecule has 0 aliphatic heterocycles. The topological polar surface area (TPSA) is 12.0 Å². The van der Waals surface area contributed by atoms with Crippen LogP contribution in [0.4, 0.5) is 0 Å². The van der Waals surface area contributed by atoms with E-state index in [2.05, 4.69) is 50.4 Å². The van der Waals surface area contributed by atoms with E-state index in [0.717, 1.165) is 25.4 Å². The molecule has 0 radical (unpaired) electrons. The molecule has 14 heavy (non-hydrogen) atoms. The molecule has 0 amide bonds. The van der Waals surface area contributed by atoms with E-state index in [-0.39, 0.29) is 0 Å². The van der Waals surface area contributed by atoms with Crippen molar-refractivity contribution < 1.29 is 0 Å². The number of rotatable bonds is 5. The van der Waals surface area contributed by atoms with Gasteiger partial charge in [0.15, 0.2) is 0 Å². The number of hydrogen-bond acceptors (Lipinski definition) is 1. The Hall–Kier alpha value is -0.820. The van der Waals surface area contributed by atoms with E-state index in [0.29, 0.717) is 0 Å². The average molecular weight is 191 g/mol. The molecule has 0 unspecified atom stereocenters. The van der Waals surface area contributed by atoms with Crippen LogP contribution in [0.1, 0.15) is 25.0 Å². The lowest BCUT2D eigenvalue weighted by molar-refractivity contribution is 0.554. The van der Waals surface area contributed by atoms with E-state index in [1.807, 2.05) is 0 Å². The van der Waals surface area contributed by atoms with Crippen LogP contribution in [0.3, 0.4) is 0 Å². The summed E-state index contributed by atoms with van der Waals surface area (Å²) in [6.45, 7) is 8.86. The highest BCUT2D eigenvalue weighted by Gasteiger charge is 1.97. The zero-order valence-corrected chi connectivity index (χ0v) is 9.51. The monoisotopic (exact) mass is 191 g/mol. The summed E-state index contributed by atoms with van der Waals surface area (Å²) in [5.41, 5.74) is 2.86. The highest BCUT2D eigenvalue weighted by molar-refractivity contribution is 5.25. The number of nitrogens with one attached hydrogen (secondary N) is 1. The maximum Gasteiger partial charge on any atom is -0.000814 e. The Labute approximate surface area is 87.5 Å². The smallest absolute Gasteiger partial charge is 0.000814 e. The first-order valence-corrected chi connectivity index (χ1v) is 5.45. The molecule has 0 bridgehead atoms. The minimum absolute atomic E-state index is 0.742. The van der Waals surface area contributed by atoms with Crippen LogP contribution >= 0.6 is 0 Å². The fourth-order valence-electron chi connectivity index (χ4n) is 1.50. The maximum absolute atomic E-state index is 3.46. The predicted molar refractivity (Wildman–Crippen MR) is 62.6 cm³/mol. The van der Waals surface area contributed by atoms with Crippen molar-refractivity contribution in [2.45, 2.75) is 27.2 Å². The standard InChI is InChI=1S/C13H21N/c1-11(2)10-14-9-8-13-7-5-4-6-12(13)3/h4-7,11,14H,8-10H2,1-3H3. The molecular weight excluding hydrogens is 170 g/mol. The van der Waals surface area contributed by atoms with E-state index < -0.39 is 0 Å². The summed E-state index contributed by atoms with van der Waals surface area (Å²) >= 11 is 0. The van der Waals surface area contributed by atoms with Crippen molar-refractivity contribution in [3.63, 3.8) is 0 Å². The van der Waals surface area contributed by atoms with Gasteiger partial charge in [-0.1, -0.05) is 38.1 Å². The van der Waals surface area contributed by atoms with Crippen LogP contribution < -0.4 is 5.32 Å². The Balaban J connectivity index is 2.28. The lowest BCUT2D eigenvalue weighted by Gasteiger charge is -2.08. The maximum atomic E-state index is 3.46. The van der Waals surface area contributed by atoms with E-state index in [9.17, 15) is 0 Å². The fraction of sp³-hybridized carbons (Fsp3) is 0.538. The van der Waals surface area contributed by atoms with Crippen molar-refractivity contribution in [1.29, 1.82) is 0 Å². The SMILES string of the molecule is Cc1ccccc1CCNCC(C)C. The molecule has 1 aromatic rings. The normalized spacial score (nSPS) is 10.9. The van der Waals surface area contributed by atoms with Crippen molar-refractivity contribution in [3.8, 4) is 0 Å². The van der Waals surface area contributed by atoms with Gasteiger partial charge < -0.3 is 5.32 Å². The largest absolute Gasteiger partial charge is 0.316 e. The third-order valence-corrected chi connectivity index (χ3v) is 2.38. The van der Waals surface area contributed by atoms with Crippen molar-refractivity contribution in [3.05, 3.63) is 35.4 Å². The Morgan fingerprint density at radius 1 is 1.21 bits per heavy atom. The summed E-state index contributed by atoms with van der Waals surface area (Å²) in [5.74, 6) is 0.742. The second-order valence-corrected chi connectivity index (χ2v) is 4.27. The molecule has 1 aromatic carbocycles. The Morgan fingerprint density at radius 2 is 1.93 bits per heavy atom. The number of benzene rings is 1. The third kappa shape index (κ3) is 3.93. The van der Waals surface area contributed by atoms with Gasteiger partial charge in [-0.3, -0.25) is 0 Å². The van der Waals surface area contributed by atoms with Gasteiger partial charge in [0.1, 0.15) is 0 Å². The zero-order valence-electron chi connectivity index (χ0n) is 9.51. The van der Waals surface area contributed by atoms with E-state index in [1.54, 1.807) is 0 Å². The van der Waals surface area contributed by atoms with Crippen LogP contribution in [-0.2, 0) is 6.42 Å². The van der Waals surface area contributed by atoms with Crippen LogP contribution in [0.15, 0.2) is 24.3 Å². The van der Waals surface area contributed by atoms with Gasteiger partial charge in [-0.2, -0.15) is 0 Å². The van der Waals surface area contributed by atoms with Crippen molar-refractivity contribution in [2.24, 2.45) is 5.92 Å². The Morgan fingerprint density at radius 3 is 2.57 bits per heavy atom. The number of hydrogen-bond donors (Lipinski definition) is 1. The van der Waals surface area contributed by atoms with E-state index in [1.165, 1.54) is 11.1 Å². The molecule has 0 heterocycles. The summed E-state index contributed by atoms with van der Waals surface area (Å²) in [7, 11) is 0. The first-order valence-electron chi connectivity index (χ1n) is 5.45. The quantitative estimate of drug-likeness (QED) is 0.706. The van der Waals surface area contributed by atoms with Crippen LogP contribution in [0.2, 0.25) is 0 Å². The molecule has 0 fully saturated rings. The van der Waals surface area contributed by atoms with Crippen molar-refractivity contribution >= 4 is 0 Å². The minimum atomic E-state index is 0.742. The third-order valence-electron chi connectivity index (χ3n) is 2.38. The van der Waals surface area contributed by atoms with E-state index >= 15 is 0 Å². The van der Waals surface area contributed by atoms with Gasteiger partial charge >= 0.3 is 0 Å². The fourth-order valence-corrected chi connectivity index (χ4v) is 1.50. The van der Waals surface area contributed by atoms with Gasteiger partial charge in [0.05, 0.1) is 0 Å². The molecule has 78 valence electrons. The first-order chi connectivity index (χ1) is 6.70. The van der Waals surface area contributed by atoms with Gasteiger partial charge in [0.2, 0.25) is 0 Å². The van der Waals surface area contributed by atoms with Crippen molar-refractivity contribution in [1.82, 2.24) is 5.32 Å². The lowest BCUT2D eigenvalue weighted by Crippen LogP contribution is -2.22. The van der Waals surface area contributed by atoms with E-state index in [4.69, 9.17) is 0 Å². The van der Waals surface area contributed by atoms with Gasteiger partial charge in [-0.15, -0.1) is 0 Å². The second kappa shape index (κ2) is 5.82. The van der Waals surface area contributed by atoms with Crippen LogP contribution in [-0.4, -0.2) is 13.1 Å². The minimum Gasteiger partial charge on any atom is -0.316 e. The predicted octanol–water partition coefficient (Wildman–Crippen LogP) is 2.78. The Bertz CT molecular complexity index is 266. The molecule has 1 N–H and O–H groups in total. The van der Waals surface area contributed by atoms with Crippen LogP contribution in [0.5, 0.6) is 0 Å². The average Bonchev–Trinajstić information content (AvgIpc) is 2.15. The van der Waals surface area contributed by atoms with Gasteiger partial charge in [0.25, 0.3) is 0 Å². The summed E-state index contributed by atoms with van der Waals surface area (Å²) in [6, 6.07) is 8.61. The summed E-state index contributed by atoms with van der Waals surface area (Å²) in [4.78, 5) is 0. The van der Waals surface area contributed by atoms with Crippen LogP contribution in [0, 0.1) is 12.8 Å².